The van der Waals surface area contributed by atoms with Crippen molar-refractivity contribution in [1.82, 2.24) is 10.6 Å². The van der Waals surface area contributed by atoms with Crippen LogP contribution in [0.3, 0.4) is 0 Å². The van der Waals surface area contributed by atoms with Crippen molar-refractivity contribution in [1.29, 1.82) is 0 Å². The van der Waals surface area contributed by atoms with Crippen LogP contribution >= 0.6 is 0 Å². The minimum absolute atomic E-state index is 0.115. The van der Waals surface area contributed by atoms with E-state index in [1.807, 2.05) is 57.2 Å². The van der Waals surface area contributed by atoms with Gasteiger partial charge in [0.2, 0.25) is 5.91 Å². The summed E-state index contributed by atoms with van der Waals surface area (Å²) < 4.78 is 11.4. The standard InChI is InChI=1S/C25H34N2O4/c1-6-30-21-13-12-19(16-22(21)31-7-2)24(17(3)4)27-23(28)14-15-26-25(29)20-11-9-8-10-18(20)5/h8-13,16-17,24H,6-7,14-15H2,1-5H3,(H,26,29)(H,27,28). The van der Waals surface area contributed by atoms with Crippen LogP contribution in [0.4, 0.5) is 0 Å². The van der Waals surface area contributed by atoms with Crippen LogP contribution in [0.2, 0.25) is 0 Å². The first-order chi connectivity index (χ1) is 14.9. The Hall–Kier alpha value is -3.02. The lowest BCUT2D eigenvalue weighted by atomic mass is 9.95. The van der Waals surface area contributed by atoms with E-state index < -0.39 is 0 Å². The lowest BCUT2D eigenvalue weighted by Crippen LogP contribution is -2.35. The van der Waals surface area contributed by atoms with Gasteiger partial charge in [0.05, 0.1) is 19.3 Å². The largest absolute Gasteiger partial charge is 0.490 e. The molecular formula is C25H34N2O4. The summed E-state index contributed by atoms with van der Waals surface area (Å²) in [6.45, 7) is 11.2. The highest BCUT2D eigenvalue weighted by Crippen LogP contribution is 2.33. The minimum atomic E-state index is -0.172. The predicted octanol–water partition coefficient (Wildman–Crippen LogP) is 4.43. The van der Waals surface area contributed by atoms with Crippen molar-refractivity contribution >= 4 is 11.8 Å². The summed E-state index contributed by atoms with van der Waals surface area (Å²) in [5.41, 5.74) is 2.49. The summed E-state index contributed by atoms with van der Waals surface area (Å²) in [4.78, 5) is 24.9. The highest BCUT2D eigenvalue weighted by atomic mass is 16.5. The maximum atomic E-state index is 12.6. The van der Waals surface area contributed by atoms with Crippen LogP contribution in [-0.2, 0) is 4.79 Å². The number of ether oxygens (including phenoxy) is 2. The number of nitrogens with one attached hydrogen (secondary N) is 2. The Kier molecular flexibility index (Phi) is 9.38. The summed E-state index contributed by atoms with van der Waals surface area (Å²) in [5, 5.41) is 5.92. The van der Waals surface area contributed by atoms with E-state index >= 15 is 0 Å². The van der Waals surface area contributed by atoms with E-state index in [0.717, 1.165) is 11.1 Å². The number of benzene rings is 2. The lowest BCUT2D eigenvalue weighted by Gasteiger charge is -2.24. The van der Waals surface area contributed by atoms with Crippen LogP contribution in [0.25, 0.3) is 0 Å². The van der Waals surface area contributed by atoms with Gasteiger partial charge in [0.15, 0.2) is 11.5 Å². The average Bonchev–Trinajstić information content (AvgIpc) is 2.73. The Morgan fingerprint density at radius 2 is 1.65 bits per heavy atom. The molecule has 168 valence electrons. The molecule has 0 aliphatic rings. The highest BCUT2D eigenvalue weighted by molar-refractivity contribution is 5.95. The molecule has 1 atom stereocenters. The molecule has 0 saturated carbocycles. The summed E-state index contributed by atoms with van der Waals surface area (Å²) in [6.07, 6.45) is 0.205. The van der Waals surface area contributed by atoms with Gasteiger partial charge in [-0.05, 0) is 56.0 Å². The van der Waals surface area contributed by atoms with Crippen molar-refractivity contribution in [3.63, 3.8) is 0 Å². The molecule has 2 aromatic carbocycles. The Morgan fingerprint density at radius 1 is 0.968 bits per heavy atom. The van der Waals surface area contributed by atoms with Crippen molar-refractivity contribution < 1.29 is 19.1 Å². The van der Waals surface area contributed by atoms with E-state index in [4.69, 9.17) is 9.47 Å². The molecule has 2 N–H and O–H groups in total. The molecular weight excluding hydrogens is 392 g/mol. The second-order valence-electron chi connectivity index (χ2n) is 7.68. The van der Waals surface area contributed by atoms with Gasteiger partial charge in [-0.3, -0.25) is 9.59 Å². The number of carbonyl (C=O) groups is 2. The molecule has 2 amide bonds. The average molecular weight is 427 g/mol. The van der Waals surface area contributed by atoms with E-state index in [9.17, 15) is 9.59 Å². The fraction of sp³-hybridized carbons (Fsp3) is 0.440. The second kappa shape index (κ2) is 12.0. The van der Waals surface area contributed by atoms with Gasteiger partial charge in [0.25, 0.3) is 5.91 Å². The zero-order chi connectivity index (χ0) is 22.8. The first-order valence-corrected chi connectivity index (χ1v) is 10.9. The van der Waals surface area contributed by atoms with E-state index in [-0.39, 0.29) is 36.7 Å². The number of hydrogen-bond acceptors (Lipinski definition) is 4. The van der Waals surface area contributed by atoms with Crippen LogP contribution in [0, 0.1) is 12.8 Å². The molecule has 0 radical (unpaired) electrons. The van der Waals surface area contributed by atoms with Crippen molar-refractivity contribution in [2.24, 2.45) is 5.92 Å². The quantitative estimate of drug-likeness (QED) is 0.557. The van der Waals surface area contributed by atoms with Gasteiger partial charge < -0.3 is 20.1 Å². The molecule has 2 rings (SSSR count). The Balaban J connectivity index is 1.99. The molecule has 0 bridgehead atoms. The molecule has 0 aliphatic carbocycles. The molecule has 2 aromatic rings. The fourth-order valence-electron chi connectivity index (χ4n) is 3.35. The van der Waals surface area contributed by atoms with E-state index in [0.29, 0.717) is 30.3 Å². The number of rotatable bonds is 11. The van der Waals surface area contributed by atoms with E-state index in [1.54, 1.807) is 6.07 Å². The Morgan fingerprint density at radius 3 is 2.29 bits per heavy atom. The highest BCUT2D eigenvalue weighted by Gasteiger charge is 2.20. The third-order valence-corrected chi connectivity index (χ3v) is 4.94. The lowest BCUT2D eigenvalue weighted by molar-refractivity contribution is -0.122. The van der Waals surface area contributed by atoms with Crippen molar-refractivity contribution in [3.05, 3.63) is 59.2 Å². The summed E-state index contributed by atoms with van der Waals surface area (Å²) in [6, 6.07) is 13.0. The smallest absolute Gasteiger partial charge is 0.251 e. The van der Waals surface area contributed by atoms with E-state index in [2.05, 4.69) is 24.5 Å². The molecule has 0 saturated heterocycles. The van der Waals surface area contributed by atoms with Crippen LogP contribution in [0.1, 0.15) is 61.6 Å². The zero-order valence-electron chi connectivity index (χ0n) is 19.2. The third kappa shape index (κ3) is 7.02. The molecule has 31 heavy (non-hydrogen) atoms. The first-order valence-electron chi connectivity index (χ1n) is 10.9. The van der Waals surface area contributed by atoms with Crippen LogP contribution < -0.4 is 20.1 Å². The minimum Gasteiger partial charge on any atom is -0.490 e. The Labute approximate surface area is 185 Å². The predicted molar refractivity (Wildman–Crippen MR) is 123 cm³/mol. The summed E-state index contributed by atoms with van der Waals surface area (Å²) in [7, 11) is 0. The number of aryl methyl sites for hydroxylation is 1. The number of amides is 2. The van der Waals surface area contributed by atoms with Gasteiger partial charge in [-0.25, -0.2) is 0 Å². The molecule has 0 spiro atoms. The van der Waals surface area contributed by atoms with Gasteiger partial charge in [-0.15, -0.1) is 0 Å². The van der Waals surface area contributed by atoms with Gasteiger partial charge in [0.1, 0.15) is 0 Å². The molecule has 0 heterocycles. The first kappa shape index (κ1) is 24.3. The van der Waals surface area contributed by atoms with Crippen LogP contribution in [0.15, 0.2) is 42.5 Å². The number of hydrogen-bond donors (Lipinski definition) is 2. The van der Waals surface area contributed by atoms with Gasteiger partial charge in [-0.2, -0.15) is 0 Å². The number of carbonyl (C=O) groups excluding carboxylic acids is 2. The third-order valence-electron chi connectivity index (χ3n) is 4.94. The maximum absolute atomic E-state index is 12.6. The summed E-state index contributed by atoms with van der Waals surface area (Å²) >= 11 is 0. The van der Waals surface area contributed by atoms with Crippen LogP contribution in [0.5, 0.6) is 11.5 Å². The second-order valence-corrected chi connectivity index (χ2v) is 7.68. The molecule has 0 aromatic heterocycles. The monoisotopic (exact) mass is 426 g/mol. The zero-order valence-corrected chi connectivity index (χ0v) is 19.2. The normalized spacial score (nSPS) is 11.7. The topological polar surface area (TPSA) is 76.7 Å². The van der Waals surface area contributed by atoms with Gasteiger partial charge in [-0.1, -0.05) is 38.1 Å². The molecule has 6 nitrogen and oxygen atoms in total. The SMILES string of the molecule is CCOc1ccc(C(NC(=O)CCNC(=O)c2ccccc2C)C(C)C)cc1OCC. The Bertz CT molecular complexity index is 880. The molecule has 6 heteroatoms. The molecule has 0 fully saturated rings. The molecule has 1 unspecified atom stereocenters. The van der Waals surface area contributed by atoms with Crippen LogP contribution in [-0.4, -0.2) is 31.6 Å². The van der Waals surface area contributed by atoms with E-state index in [1.165, 1.54) is 0 Å². The van der Waals surface area contributed by atoms with Crippen molar-refractivity contribution in [2.75, 3.05) is 19.8 Å². The summed E-state index contributed by atoms with van der Waals surface area (Å²) in [5.74, 6) is 1.26. The van der Waals surface area contributed by atoms with Crippen molar-refractivity contribution in [2.45, 2.75) is 47.1 Å². The fourth-order valence-corrected chi connectivity index (χ4v) is 3.35. The van der Waals surface area contributed by atoms with Crippen molar-refractivity contribution in [3.8, 4) is 11.5 Å². The van der Waals surface area contributed by atoms with Gasteiger partial charge in [0, 0.05) is 18.5 Å². The molecule has 0 aliphatic heterocycles. The van der Waals surface area contributed by atoms with Gasteiger partial charge >= 0.3 is 0 Å². The maximum Gasteiger partial charge on any atom is 0.251 e.